The smallest absolute Gasteiger partial charge is 0.319 e. The van der Waals surface area contributed by atoms with Gasteiger partial charge >= 0.3 is 5.97 Å². The third kappa shape index (κ3) is 2.99. The zero-order chi connectivity index (χ0) is 15.6. The molecule has 2 aliphatic rings. The normalized spacial score (nSPS) is 23.1. The predicted octanol–water partition coefficient (Wildman–Crippen LogP) is 1.71. The summed E-state index contributed by atoms with van der Waals surface area (Å²) in [4.78, 5) is 25.4. The largest absolute Gasteiger partial charge is 0.480 e. The molecule has 0 bridgehead atoms. The molecule has 1 amide bonds. The quantitative estimate of drug-likeness (QED) is 0.841. The fraction of sp³-hybridized carbons (Fsp3) is 0.529. The van der Waals surface area contributed by atoms with Gasteiger partial charge in [-0.1, -0.05) is 30.3 Å². The number of hydrogen-bond acceptors (Lipinski definition) is 3. The third-order valence-corrected chi connectivity index (χ3v) is 4.59. The summed E-state index contributed by atoms with van der Waals surface area (Å²) in [5.74, 6) is -1.21. The summed E-state index contributed by atoms with van der Waals surface area (Å²) in [6.45, 7) is 1.48. The van der Waals surface area contributed by atoms with Crippen LogP contribution in [-0.2, 0) is 20.7 Å². The first-order valence-corrected chi connectivity index (χ1v) is 7.80. The number of benzene rings is 1. The first kappa shape index (κ1) is 15.0. The van der Waals surface area contributed by atoms with Crippen molar-refractivity contribution < 1.29 is 19.4 Å². The molecule has 5 heteroatoms. The number of ether oxygens (including phenoxy) is 1. The molecule has 0 aromatic heterocycles. The average Bonchev–Trinajstić information content (AvgIpc) is 3.35. The minimum Gasteiger partial charge on any atom is -0.480 e. The lowest BCUT2D eigenvalue weighted by Gasteiger charge is -2.34. The molecule has 1 aromatic carbocycles. The molecule has 1 unspecified atom stereocenters. The van der Waals surface area contributed by atoms with Crippen LogP contribution in [0, 0.1) is 5.41 Å². The van der Waals surface area contributed by atoms with E-state index in [4.69, 9.17) is 4.74 Å². The van der Waals surface area contributed by atoms with Crippen LogP contribution in [0.1, 0.15) is 24.8 Å². The van der Waals surface area contributed by atoms with Gasteiger partial charge in [-0.3, -0.25) is 9.59 Å². The Morgan fingerprint density at radius 3 is 2.64 bits per heavy atom. The molecule has 1 aromatic rings. The van der Waals surface area contributed by atoms with Crippen molar-refractivity contribution >= 4 is 11.9 Å². The second-order valence-electron chi connectivity index (χ2n) is 6.16. The number of aliphatic carboxylic acids is 1. The lowest BCUT2D eigenvalue weighted by Crippen LogP contribution is -2.50. The van der Waals surface area contributed by atoms with E-state index >= 15 is 0 Å². The van der Waals surface area contributed by atoms with E-state index in [0.29, 0.717) is 32.5 Å². The van der Waals surface area contributed by atoms with Gasteiger partial charge in [0.1, 0.15) is 5.41 Å². The van der Waals surface area contributed by atoms with Gasteiger partial charge in [0.05, 0.1) is 12.7 Å². The molecule has 1 N–H and O–H groups in total. The van der Waals surface area contributed by atoms with Gasteiger partial charge in [-0.2, -0.15) is 0 Å². The molecule has 5 nitrogen and oxygen atoms in total. The molecule has 1 aliphatic heterocycles. The van der Waals surface area contributed by atoms with Crippen molar-refractivity contribution in [2.75, 3.05) is 19.7 Å². The van der Waals surface area contributed by atoms with Gasteiger partial charge in [-0.25, -0.2) is 0 Å². The molecular formula is C17H21NO4. The minimum absolute atomic E-state index is 0.0116. The zero-order valence-electron chi connectivity index (χ0n) is 12.5. The number of morpholine rings is 1. The van der Waals surface area contributed by atoms with E-state index in [2.05, 4.69) is 12.1 Å². The van der Waals surface area contributed by atoms with Crippen molar-refractivity contribution in [3.63, 3.8) is 0 Å². The van der Waals surface area contributed by atoms with Crippen LogP contribution in [0.5, 0.6) is 0 Å². The Balaban J connectivity index is 1.55. The van der Waals surface area contributed by atoms with E-state index in [1.54, 1.807) is 4.90 Å². The maximum absolute atomic E-state index is 12.4. The number of amides is 1. The van der Waals surface area contributed by atoms with Crippen LogP contribution in [0.3, 0.4) is 0 Å². The minimum atomic E-state index is -1.14. The number of aryl methyl sites for hydroxylation is 1. The number of rotatable bonds is 5. The van der Waals surface area contributed by atoms with E-state index in [9.17, 15) is 14.7 Å². The Kier molecular flexibility index (Phi) is 4.16. The first-order valence-electron chi connectivity index (χ1n) is 7.80. The number of hydrogen-bond donors (Lipinski definition) is 1. The van der Waals surface area contributed by atoms with Crippen LogP contribution in [0.15, 0.2) is 30.3 Å². The Hall–Kier alpha value is -1.88. The number of carbonyl (C=O) groups excluding carboxylic acids is 1. The summed E-state index contributed by atoms with van der Waals surface area (Å²) >= 11 is 0. The van der Waals surface area contributed by atoms with Crippen molar-refractivity contribution in [2.24, 2.45) is 5.41 Å². The van der Waals surface area contributed by atoms with Gasteiger partial charge in [0.25, 0.3) is 0 Å². The van der Waals surface area contributed by atoms with Crippen LogP contribution in [0.25, 0.3) is 0 Å². The molecule has 0 radical (unpaired) electrons. The summed E-state index contributed by atoms with van der Waals surface area (Å²) in [5.41, 5.74) is 0.111. The van der Waals surface area contributed by atoms with Gasteiger partial charge < -0.3 is 14.7 Å². The SMILES string of the molecule is O=C(O)C1(C(=O)N2CCOC(CCc3ccccc3)C2)CC1. The maximum atomic E-state index is 12.4. The molecule has 0 spiro atoms. The molecule has 2 fully saturated rings. The van der Waals surface area contributed by atoms with Crippen molar-refractivity contribution in [1.82, 2.24) is 4.90 Å². The summed E-state index contributed by atoms with van der Waals surface area (Å²) in [6.07, 6.45) is 2.66. The second-order valence-corrected chi connectivity index (χ2v) is 6.16. The monoisotopic (exact) mass is 303 g/mol. The molecule has 118 valence electrons. The van der Waals surface area contributed by atoms with Gasteiger partial charge in [-0.15, -0.1) is 0 Å². The van der Waals surface area contributed by atoms with Crippen LogP contribution in [0.4, 0.5) is 0 Å². The Morgan fingerprint density at radius 1 is 1.27 bits per heavy atom. The van der Waals surface area contributed by atoms with Gasteiger partial charge in [0.2, 0.25) is 5.91 Å². The fourth-order valence-corrected chi connectivity index (χ4v) is 3.00. The van der Waals surface area contributed by atoms with Gasteiger partial charge in [0, 0.05) is 13.1 Å². The number of carboxylic acids is 1. The van der Waals surface area contributed by atoms with E-state index in [1.165, 1.54) is 5.56 Å². The molecule has 1 heterocycles. The highest BCUT2D eigenvalue weighted by atomic mass is 16.5. The van der Waals surface area contributed by atoms with E-state index in [1.807, 2.05) is 18.2 Å². The molecule has 3 rings (SSSR count). The predicted molar refractivity (Wildman–Crippen MR) is 80.4 cm³/mol. The summed E-state index contributed by atoms with van der Waals surface area (Å²) in [6, 6.07) is 10.2. The molecule has 1 saturated heterocycles. The molecule has 1 saturated carbocycles. The van der Waals surface area contributed by atoms with Crippen molar-refractivity contribution in [1.29, 1.82) is 0 Å². The summed E-state index contributed by atoms with van der Waals surface area (Å²) in [7, 11) is 0. The molecular weight excluding hydrogens is 282 g/mol. The Labute approximate surface area is 129 Å². The topological polar surface area (TPSA) is 66.8 Å². The van der Waals surface area contributed by atoms with Crippen molar-refractivity contribution in [3.05, 3.63) is 35.9 Å². The van der Waals surface area contributed by atoms with E-state index in [0.717, 1.165) is 12.8 Å². The van der Waals surface area contributed by atoms with Crippen LogP contribution >= 0.6 is 0 Å². The van der Waals surface area contributed by atoms with E-state index < -0.39 is 11.4 Å². The van der Waals surface area contributed by atoms with Crippen LogP contribution in [0.2, 0.25) is 0 Å². The number of carbonyl (C=O) groups is 2. The standard InChI is InChI=1S/C17H21NO4/c19-15(17(8-9-17)16(20)21)18-10-11-22-14(12-18)7-6-13-4-2-1-3-5-13/h1-5,14H,6-12H2,(H,20,21). The highest BCUT2D eigenvalue weighted by Gasteiger charge is 2.58. The fourth-order valence-electron chi connectivity index (χ4n) is 3.00. The van der Waals surface area contributed by atoms with E-state index in [-0.39, 0.29) is 12.0 Å². The first-order chi connectivity index (χ1) is 10.6. The Morgan fingerprint density at radius 2 is 2.00 bits per heavy atom. The lowest BCUT2D eigenvalue weighted by atomic mass is 10.0. The zero-order valence-corrected chi connectivity index (χ0v) is 12.5. The summed E-state index contributed by atoms with van der Waals surface area (Å²) in [5, 5.41) is 9.24. The molecule has 1 atom stereocenters. The number of nitrogens with zero attached hydrogens (tertiary/aromatic N) is 1. The Bertz CT molecular complexity index is 553. The third-order valence-electron chi connectivity index (χ3n) is 4.59. The number of carboxylic acid groups (broad SMARTS) is 1. The second kappa shape index (κ2) is 6.08. The summed E-state index contributed by atoms with van der Waals surface area (Å²) < 4.78 is 5.73. The van der Waals surface area contributed by atoms with Crippen LogP contribution < -0.4 is 0 Å². The average molecular weight is 303 g/mol. The maximum Gasteiger partial charge on any atom is 0.319 e. The lowest BCUT2D eigenvalue weighted by molar-refractivity contribution is -0.157. The highest BCUT2D eigenvalue weighted by molar-refractivity contribution is 6.04. The van der Waals surface area contributed by atoms with Gasteiger partial charge in [0.15, 0.2) is 0 Å². The highest BCUT2D eigenvalue weighted by Crippen LogP contribution is 2.47. The molecule has 22 heavy (non-hydrogen) atoms. The van der Waals surface area contributed by atoms with Crippen LogP contribution in [-0.4, -0.2) is 47.7 Å². The van der Waals surface area contributed by atoms with Crippen molar-refractivity contribution in [2.45, 2.75) is 31.8 Å². The van der Waals surface area contributed by atoms with Crippen molar-refractivity contribution in [3.8, 4) is 0 Å². The molecule has 1 aliphatic carbocycles. The van der Waals surface area contributed by atoms with Gasteiger partial charge in [-0.05, 0) is 31.2 Å².